The number of rotatable bonds is 6. The van der Waals surface area contributed by atoms with Gasteiger partial charge >= 0.3 is 0 Å². The monoisotopic (exact) mass is 393 g/mol. The Kier molecular flexibility index (Phi) is 5.48. The smallest absolute Gasteiger partial charge is 0.240 e. The molecule has 130 valence electrons. The highest BCUT2D eigenvalue weighted by atomic mass is 35.5. The van der Waals surface area contributed by atoms with Crippen molar-refractivity contribution in [2.24, 2.45) is 0 Å². The van der Waals surface area contributed by atoms with Crippen LogP contribution in [0.3, 0.4) is 0 Å². The molecule has 0 unspecified atom stereocenters. The SMILES string of the molecule is Cc1nc(-c2ccncc2)sc1CCNS(=O)(=O)c1cccc(Cl)c1. The number of halogens is 1. The number of benzene rings is 1. The second-order valence-electron chi connectivity index (χ2n) is 5.37. The summed E-state index contributed by atoms with van der Waals surface area (Å²) in [6.45, 7) is 2.23. The van der Waals surface area contributed by atoms with Crippen LogP contribution in [0.5, 0.6) is 0 Å². The summed E-state index contributed by atoms with van der Waals surface area (Å²) in [5, 5.41) is 1.30. The number of thiazole rings is 1. The van der Waals surface area contributed by atoms with E-state index in [0.29, 0.717) is 18.0 Å². The summed E-state index contributed by atoms with van der Waals surface area (Å²) in [5.41, 5.74) is 1.92. The standard InChI is InChI=1S/C17H16ClN3O2S2/c1-12-16(24-17(21-12)13-5-8-19-9-6-13)7-10-20-25(22,23)15-4-2-3-14(18)11-15/h2-6,8-9,11,20H,7,10H2,1H3. The van der Waals surface area contributed by atoms with E-state index in [9.17, 15) is 8.42 Å². The summed E-state index contributed by atoms with van der Waals surface area (Å²) in [5.74, 6) is 0. The molecule has 2 heterocycles. The van der Waals surface area contributed by atoms with Crippen LogP contribution < -0.4 is 4.72 Å². The van der Waals surface area contributed by atoms with Crippen molar-refractivity contribution in [1.29, 1.82) is 0 Å². The highest BCUT2D eigenvalue weighted by Gasteiger charge is 2.15. The van der Waals surface area contributed by atoms with Gasteiger partial charge in [0.1, 0.15) is 5.01 Å². The van der Waals surface area contributed by atoms with E-state index in [4.69, 9.17) is 11.6 Å². The third kappa shape index (κ3) is 4.43. The quantitative estimate of drug-likeness (QED) is 0.693. The number of sulfonamides is 1. The molecule has 8 heteroatoms. The Bertz CT molecular complexity index is 973. The molecule has 5 nitrogen and oxygen atoms in total. The maximum atomic E-state index is 12.3. The average molecular weight is 394 g/mol. The Morgan fingerprint density at radius 3 is 2.68 bits per heavy atom. The molecule has 3 rings (SSSR count). The first-order chi connectivity index (χ1) is 12.0. The van der Waals surface area contributed by atoms with Gasteiger partial charge in [-0.15, -0.1) is 11.3 Å². The predicted octanol–water partition coefficient (Wildman–Crippen LogP) is 3.69. The molecule has 1 aromatic carbocycles. The van der Waals surface area contributed by atoms with Crippen molar-refractivity contribution in [3.8, 4) is 10.6 Å². The van der Waals surface area contributed by atoms with Gasteiger partial charge in [-0.05, 0) is 43.7 Å². The van der Waals surface area contributed by atoms with E-state index in [1.807, 2.05) is 19.1 Å². The fraction of sp³-hybridized carbons (Fsp3) is 0.176. The Balaban J connectivity index is 1.67. The van der Waals surface area contributed by atoms with Crippen LogP contribution in [-0.4, -0.2) is 24.9 Å². The minimum atomic E-state index is -3.57. The lowest BCUT2D eigenvalue weighted by atomic mass is 10.3. The number of hydrogen-bond donors (Lipinski definition) is 1. The molecule has 1 N–H and O–H groups in total. The van der Waals surface area contributed by atoms with Crippen LogP contribution in [0.4, 0.5) is 0 Å². The summed E-state index contributed by atoms with van der Waals surface area (Å²) in [4.78, 5) is 9.79. The van der Waals surface area contributed by atoms with Gasteiger partial charge in [0.05, 0.1) is 10.6 Å². The van der Waals surface area contributed by atoms with Gasteiger partial charge in [0, 0.05) is 34.4 Å². The molecule has 0 spiro atoms. The normalized spacial score (nSPS) is 11.6. The van der Waals surface area contributed by atoms with Crippen molar-refractivity contribution in [2.75, 3.05) is 6.54 Å². The number of aromatic nitrogens is 2. The zero-order valence-electron chi connectivity index (χ0n) is 13.4. The largest absolute Gasteiger partial charge is 0.265 e. The molecule has 2 aromatic heterocycles. The van der Waals surface area contributed by atoms with Crippen LogP contribution in [0.1, 0.15) is 10.6 Å². The van der Waals surface area contributed by atoms with Gasteiger partial charge in [-0.25, -0.2) is 18.1 Å². The molecule has 0 aliphatic carbocycles. The predicted molar refractivity (Wildman–Crippen MR) is 100 cm³/mol. The number of aryl methyl sites for hydroxylation is 1. The number of hydrogen-bond acceptors (Lipinski definition) is 5. The van der Waals surface area contributed by atoms with Crippen LogP contribution in [-0.2, 0) is 16.4 Å². The molecule has 0 amide bonds. The first-order valence-corrected chi connectivity index (χ1v) is 10.3. The molecule has 0 saturated heterocycles. The van der Waals surface area contributed by atoms with Crippen LogP contribution in [0.15, 0.2) is 53.7 Å². The van der Waals surface area contributed by atoms with Gasteiger partial charge in [0.25, 0.3) is 0 Å². The molecular weight excluding hydrogens is 378 g/mol. The number of nitrogens with one attached hydrogen (secondary N) is 1. The van der Waals surface area contributed by atoms with E-state index in [-0.39, 0.29) is 4.90 Å². The van der Waals surface area contributed by atoms with E-state index < -0.39 is 10.0 Å². The Hall–Kier alpha value is -1.80. The second-order valence-corrected chi connectivity index (χ2v) is 8.66. The first-order valence-electron chi connectivity index (χ1n) is 7.57. The molecule has 0 bridgehead atoms. The fourth-order valence-corrected chi connectivity index (χ4v) is 4.69. The summed E-state index contributed by atoms with van der Waals surface area (Å²) in [6.07, 6.45) is 4.03. The Labute approximate surface area is 155 Å². The van der Waals surface area contributed by atoms with E-state index in [2.05, 4.69) is 14.7 Å². The van der Waals surface area contributed by atoms with Crippen molar-refractivity contribution >= 4 is 33.0 Å². The van der Waals surface area contributed by atoms with Gasteiger partial charge in [-0.3, -0.25) is 4.98 Å². The zero-order chi connectivity index (χ0) is 17.9. The lowest BCUT2D eigenvalue weighted by Crippen LogP contribution is -2.25. The third-order valence-electron chi connectivity index (χ3n) is 3.57. The first kappa shape index (κ1) is 18.0. The van der Waals surface area contributed by atoms with E-state index in [1.165, 1.54) is 12.1 Å². The molecule has 0 saturated carbocycles. The molecule has 25 heavy (non-hydrogen) atoms. The highest BCUT2D eigenvalue weighted by Crippen LogP contribution is 2.27. The third-order valence-corrected chi connectivity index (χ3v) is 6.53. The Morgan fingerprint density at radius 2 is 1.96 bits per heavy atom. The maximum Gasteiger partial charge on any atom is 0.240 e. The molecule has 0 aliphatic heterocycles. The summed E-state index contributed by atoms with van der Waals surface area (Å²) in [6, 6.07) is 10.0. The van der Waals surface area contributed by atoms with Crippen LogP contribution in [0.25, 0.3) is 10.6 Å². The molecule has 0 aliphatic rings. The highest BCUT2D eigenvalue weighted by molar-refractivity contribution is 7.89. The maximum absolute atomic E-state index is 12.3. The van der Waals surface area contributed by atoms with Crippen LogP contribution in [0.2, 0.25) is 5.02 Å². The minimum absolute atomic E-state index is 0.165. The molecule has 0 atom stereocenters. The van der Waals surface area contributed by atoms with Crippen molar-refractivity contribution in [3.05, 3.63) is 64.4 Å². The second kappa shape index (κ2) is 7.61. The lowest BCUT2D eigenvalue weighted by molar-refractivity contribution is 0.581. The number of pyridine rings is 1. The van der Waals surface area contributed by atoms with Gasteiger partial charge < -0.3 is 0 Å². The van der Waals surface area contributed by atoms with Gasteiger partial charge in [0.15, 0.2) is 0 Å². The zero-order valence-corrected chi connectivity index (χ0v) is 15.8. The minimum Gasteiger partial charge on any atom is -0.265 e. The van der Waals surface area contributed by atoms with Gasteiger partial charge in [-0.1, -0.05) is 17.7 Å². The Morgan fingerprint density at radius 1 is 1.20 bits per heavy atom. The van der Waals surface area contributed by atoms with Gasteiger partial charge in [-0.2, -0.15) is 0 Å². The molecular formula is C17H16ClN3O2S2. The topological polar surface area (TPSA) is 72.0 Å². The van der Waals surface area contributed by atoms with Crippen LogP contribution >= 0.6 is 22.9 Å². The fourth-order valence-electron chi connectivity index (χ4n) is 2.29. The van der Waals surface area contributed by atoms with Crippen molar-refractivity contribution in [3.63, 3.8) is 0 Å². The lowest BCUT2D eigenvalue weighted by Gasteiger charge is -2.06. The van der Waals surface area contributed by atoms with E-state index >= 15 is 0 Å². The van der Waals surface area contributed by atoms with Crippen molar-refractivity contribution in [1.82, 2.24) is 14.7 Å². The van der Waals surface area contributed by atoms with Gasteiger partial charge in [0.2, 0.25) is 10.0 Å². The number of nitrogens with zero attached hydrogens (tertiary/aromatic N) is 2. The molecule has 0 fully saturated rings. The molecule has 0 radical (unpaired) electrons. The summed E-state index contributed by atoms with van der Waals surface area (Å²) < 4.78 is 27.2. The van der Waals surface area contributed by atoms with E-state index in [1.54, 1.807) is 35.9 Å². The average Bonchev–Trinajstić information content (AvgIpc) is 2.97. The van der Waals surface area contributed by atoms with E-state index in [0.717, 1.165) is 21.1 Å². The summed E-state index contributed by atoms with van der Waals surface area (Å²) in [7, 11) is -3.57. The van der Waals surface area contributed by atoms with Crippen molar-refractivity contribution in [2.45, 2.75) is 18.2 Å². The molecule has 3 aromatic rings. The van der Waals surface area contributed by atoms with Crippen molar-refractivity contribution < 1.29 is 8.42 Å². The summed E-state index contributed by atoms with van der Waals surface area (Å²) >= 11 is 7.43. The van der Waals surface area contributed by atoms with Crippen LogP contribution in [0, 0.1) is 6.92 Å².